The van der Waals surface area contributed by atoms with Gasteiger partial charge in [0.25, 0.3) is 5.91 Å². The molecule has 1 aliphatic heterocycles. The molecule has 2 aromatic carbocycles. The maximum Gasteiger partial charge on any atom is 0.258 e. The number of nitrogens with zero attached hydrogens (tertiary/aromatic N) is 3. The first-order valence-corrected chi connectivity index (χ1v) is 10.7. The summed E-state index contributed by atoms with van der Waals surface area (Å²) in [5, 5.41) is 2.54. The molecular formula is C23H18ClN3O3S. The van der Waals surface area contributed by atoms with E-state index in [0.29, 0.717) is 27.8 Å². The molecule has 31 heavy (non-hydrogen) atoms. The molecule has 156 valence electrons. The van der Waals surface area contributed by atoms with Gasteiger partial charge < -0.3 is 14.4 Å². The number of carbonyl (C=O) groups excluding carboxylic acids is 1. The minimum absolute atomic E-state index is 0.0917. The number of likely N-dealkylation sites (N-methyl/N-ethyl adjacent to an activating group) is 1. The number of halogens is 1. The molecule has 1 aliphatic rings. The lowest BCUT2D eigenvalue weighted by Gasteiger charge is -2.10. The number of fused-ring (bicyclic) bond motifs is 2. The highest BCUT2D eigenvalue weighted by molar-refractivity contribution is 7.15. The van der Waals surface area contributed by atoms with Crippen molar-refractivity contribution in [3.05, 3.63) is 64.3 Å². The average molecular weight is 452 g/mol. The number of rotatable bonds is 4. The van der Waals surface area contributed by atoms with Gasteiger partial charge in [-0.05, 0) is 42.5 Å². The van der Waals surface area contributed by atoms with E-state index in [1.54, 1.807) is 32.2 Å². The number of ether oxygens (including phenoxy) is 2. The van der Waals surface area contributed by atoms with Gasteiger partial charge in [0, 0.05) is 34.8 Å². The molecule has 3 heterocycles. The maximum atomic E-state index is 13.1. The third-order valence-electron chi connectivity index (χ3n) is 5.39. The third-order valence-corrected chi connectivity index (χ3v) is 6.38. The number of hydrogen-bond donors (Lipinski definition) is 0. The van der Waals surface area contributed by atoms with Crippen LogP contribution in [0.15, 0.2) is 48.0 Å². The molecule has 4 aromatic rings. The first kappa shape index (κ1) is 19.7. The van der Waals surface area contributed by atoms with Crippen molar-refractivity contribution in [2.24, 2.45) is 0 Å². The van der Waals surface area contributed by atoms with E-state index in [9.17, 15) is 4.79 Å². The monoisotopic (exact) mass is 451 g/mol. The summed E-state index contributed by atoms with van der Waals surface area (Å²) in [7, 11) is 5.00. The number of aromatic nitrogens is 2. The van der Waals surface area contributed by atoms with Crippen LogP contribution in [0.1, 0.15) is 11.3 Å². The van der Waals surface area contributed by atoms with E-state index in [-0.39, 0.29) is 5.91 Å². The third kappa shape index (κ3) is 3.08. The van der Waals surface area contributed by atoms with Crippen LogP contribution in [0.2, 0.25) is 5.02 Å². The van der Waals surface area contributed by atoms with Crippen LogP contribution >= 0.6 is 22.9 Å². The standard InChI is InChI=1S/C23H18ClN3O3S/c1-26-18-6-4-13(24)10-15(18)16(22(26)28)12-19-21(25-23-27(19)8-9-31-23)17-11-14(29-2)5-7-20(17)30-3/h4-12H,1-3H3/b16-12+. The molecule has 0 saturated heterocycles. The van der Waals surface area contributed by atoms with Crippen LogP contribution in [-0.4, -0.2) is 36.6 Å². The Labute approximate surface area is 187 Å². The predicted molar refractivity (Wildman–Crippen MR) is 124 cm³/mol. The van der Waals surface area contributed by atoms with Crippen molar-refractivity contribution in [2.45, 2.75) is 0 Å². The van der Waals surface area contributed by atoms with E-state index in [2.05, 4.69) is 0 Å². The van der Waals surface area contributed by atoms with Crippen LogP contribution in [-0.2, 0) is 4.79 Å². The molecular weight excluding hydrogens is 434 g/mol. The number of imidazole rings is 1. The molecule has 0 bridgehead atoms. The Bertz CT molecular complexity index is 1370. The first-order valence-electron chi connectivity index (χ1n) is 9.49. The van der Waals surface area contributed by atoms with Crippen molar-refractivity contribution in [2.75, 3.05) is 26.2 Å². The molecule has 0 aliphatic carbocycles. The second kappa shape index (κ2) is 7.44. The van der Waals surface area contributed by atoms with Gasteiger partial charge in [0.2, 0.25) is 0 Å². The van der Waals surface area contributed by atoms with E-state index < -0.39 is 0 Å². The van der Waals surface area contributed by atoms with Gasteiger partial charge in [-0.2, -0.15) is 0 Å². The van der Waals surface area contributed by atoms with Gasteiger partial charge in [0.15, 0.2) is 4.96 Å². The summed E-state index contributed by atoms with van der Waals surface area (Å²) in [6, 6.07) is 11.0. The van der Waals surface area contributed by atoms with E-state index in [0.717, 1.165) is 27.5 Å². The van der Waals surface area contributed by atoms with Crippen LogP contribution in [0.25, 0.3) is 27.9 Å². The van der Waals surface area contributed by atoms with Crippen LogP contribution in [0, 0.1) is 0 Å². The lowest BCUT2D eigenvalue weighted by Crippen LogP contribution is -2.20. The normalized spacial score (nSPS) is 14.5. The summed E-state index contributed by atoms with van der Waals surface area (Å²) in [4.78, 5) is 20.4. The minimum atomic E-state index is -0.0917. The van der Waals surface area contributed by atoms with Gasteiger partial charge in [-0.1, -0.05) is 11.6 Å². The van der Waals surface area contributed by atoms with Crippen molar-refractivity contribution in [1.82, 2.24) is 9.38 Å². The fraction of sp³-hybridized carbons (Fsp3) is 0.130. The van der Waals surface area contributed by atoms with Crippen LogP contribution in [0.3, 0.4) is 0 Å². The molecule has 1 amide bonds. The number of hydrogen-bond acceptors (Lipinski definition) is 5. The highest BCUT2D eigenvalue weighted by atomic mass is 35.5. The van der Waals surface area contributed by atoms with Gasteiger partial charge in [-0.25, -0.2) is 4.98 Å². The largest absolute Gasteiger partial charge is 0.497 e. The second-order valence-corrected chi connectivity index (χ2v) is 8.36. The summed E-state index contributed by atoms with van der Waals surface area (Å²) in [6.07, 6.45) is 3.82. The zero-order chi connectivity index (χ0) is 21.7. The minimum Gasteiger partial charge on any atom is -0.497 e. The van der Waals surface area contributed by atoms with Crippen molar-refractivity contribution in [3.8, 4) is 22.8 Å². The van der Waals surface area contributed by atoms with Gasteiger partial charge in [-0.3, -0.25) is 9.20 Å². The van der Waals surface area contributed by atoms with Crippen LogP contribution in [0.4, 0.5) is 5.69 Å². The van der Waals surface area contributed by atoms with Gasteiger partial charge in [0.1, 0.15) is 17.2 Å². The van der Waals surface area contributed by atoms with E-state index in [1.807, 2.05) is 52.4 Å². The molecule has 0 spiro atoms. The highest BCUT2D eigenvalue weighted by Gasteiger charge is 2.31. The van der Waals surface area contributed by atoms with E-state index >= 15 is 0 Å². The number of amides is 1. The molecule has 8 heteroatoms. The Balaban J connectivity index is 1.78. The summed E-state index contributed by atoms with van der Waals surface area (Å²) in [6.45, 7) is 0. The number of thiazole rings is 1. The van der Waals surface area contributed by atoms with Gasteiger partial charge in [-0.15, -0.1) is 11.3 Å². The number of benzene rings is 2. The lowest BCUT2D eigenvalue weighted by atomic mass is 10.0. The van der Waals surface area contributed by atoms with Crippen LogP contribution in [0.5, 0.6) is 11.5 Å². The Morgan fingerprint density at radius 1 is 1.10 bits per heavy atom. The topological polar surface area (TPSA) is 56.1 Å². The Hall–Kier alpha value is -3.29. The summed E-state index contributed by atoms with van der Waals surface area (Å²) in [5.41, 5.74) is 4.47. The van der Waals surface area contributed by atoms with Crippen molar-refractivity contribution >= 4 is 51.1 Å². The van der Waals surface area contributed by atoms with Gasteiger partial charge in [0.05, 0.1) is 31.2 Å². The van der Waals surface area contributed by atoms with Crippen LogP contribution < -0.4 is 14.4 Å². The summed E-state index contributed by atoms with van der Waals surface area (Å²) < 4.78 is 13.0. The number of carbonyl (C=O) groups is 1. The number of anilines is 1. The average Bonchev–Trinajstić information content (AvgIpc) is 3.43. The van der Waals surface area contributed by atoms with Crippen molar-refractivity contribution in [1.29, 1.82) is 0 Å². The van der Waals surface area contributed by atoms with E-state index in [4.69, 9.17) is 26.1 Å². The van der Waals surface area contributed by atoms with Crippen molar-refractivity contribution < 1.29 is 14.3 Å². The Morgan fingerprint density at radius 3 is 2.71 bits per heavy atom. The molecule has 0 saturated carbocycles. The molecule has 0 fully saturated rings. The molecule has 0 radical (unpaired) electrons. The number of methoxy groups -OCH3 is 2. The van der Waals surface area contributed by atoms with Crippen molar-refractivity contribution in [3.63, 3.8) is 0 Å². The van der Waals surface area contributed by atoms with E-state index in [1.165, 1.54) is 11.3 Å². The SMILES string of the molecule is COc1ccc(OC)c(-c2nc3sccn3c2/C=C2/C(=O)N(C)c3ccc(Cl)cc32)c1. The molecule has 0 N–H and O–H groups in total. The molecule has 2 aromatic heterocycles. The zero-order valence-electron chi connectivity index (χ0n) is 17.0. The second-order valence-electron chi connectivity index (χ2n) is 7.05. The first-order chi connectivity index (χ1) is 15.0. The Morgan fingerprint density at radius 2 is 1.94 bits per heavy atom. The summed E-state index contributed by atoms with van der Waals surface area (Å²) in [5.74, 6) is 1.27. The fourth-order valence-electron chi connectivity index (χ4n) is 3.84. The Kier molecular flexibility index (Phi) is 4.72. The zero-order valence-corrected chi connectivity index (χ0v) is 18.6. The smallest absolute Gasteiger partial charge is 0.258 e. The highest BCUT2D eigenvalue weighted by Crippen LogP contribution is 2.41. The quantitative estimate of drug-likeness (QED) is 0.397. The lowest BCUT2D eigenvalue weighted by molar-refractivity contribution is -0.112. The maximum absolute atomic E-state index is 13.1. The molecule has 0 unspecified atom stereocenters. The molecule has 6 nitrogen and oxygen atoms in total. The molecule has 5 rings (SSSR count). The van der Waals surface area contributed by atoms with Gasteiger partial charge >= 0.3 is 0 Å². The fourth-order valence-corrected chi connectivity index (χ4v) is 4.73. The summed E-state index contributed by atoms with van der Waals surface area (Å²) >= 11 is 7.76. The predicted octanol–water partition coefficient (Wildman–Crippen LogP) is 5.25. The molecule has 0 atom stereocenters.